The first-order valence-corrected chi connectivity index (χ1v) is 8.00. The van der Waals surface area contributed by atoms with E-state index >= 15 is 0 Å². The summed E-state index contributed by atoms with van der Waals surface area (Å²) < 4.78 is 9.08. The summed E-state index contributed by atoms with van der Waals surface area (Å²) in [6.45, 7) is 9.60. The summed E-state index contributed by atoms with van der Waals surface area (Å²) in [6, 6.07) is 0. The zero-order valence-electron chi connectivity index (χ0n) is 16.0. The Morgan fingerprint density at radius 2 is 1.26 bits per heavy atom. The van der Waals surface area contributed by atoms with Crippen molar-refractivity contribution < 1.29 is 28.7 Å². The summed E-state index contributed by atoms with van der Waals surface area (Å²) in [5, 5.41) is 9.61. The standard InChI is InChI=1S/C5H10N2O2.2C5H11NO2.2CH4/c1-3-7-5(9)4(8)6-2;1-3-6-5(7)4-8-2;1-3-6-5(7)8-4-2;;/h3H2,1-2H3,(H,6,8)(H,7,9);2*3-4H2,1-2H3,(H,6,7);2*1H4. The molecule has 0 spiro atoms. The van der Waals surface area contributed by atoms with Gasteiger partial charge in [-0.1, -0.05) is 14.9 Å². The van der Waals surface area contributed by atoms with Crippen molar-refractivity contribution in [3.8, 4) is 0 Å². The summed E-state index contributed by atoms with van der Waals surface area (Å²) in [5.41, 5.74) is 0. The lowest BCUT2D eigenvalue weighted by Crippen LogP contribution is -2.37. The molecule has 0 saturated carbocycles. The Hall–Kier alpha value is -2.36. The maximum atomic E-state index is 10.5. The second kappa shape index (κ2) is 28.4. The molecule has 0 saturated heterocycles. The summed E-state index contributed by atoms with van der Waals surface area (Å²) >= 11 is 0. The lowest BCUT2D eigenvalue weighted by Gasteiger charge is -1.99. The number of hydrogen-bond acceptors (Lipinski definition) is 6. The van der Waals surface area contributed by atoms with E-state index in [9.17, 15) is 19.2 Å². The third-order valence-electron chi connectivity index (χ3n) is 2.02. The van der Waals surface area contributed by atoms with Gasteiger partial charge in [0.15, 0.2) is 0 Å². The highest BCUT2D eigenvalue weighted by Gasteiger charge is 2.07. The van der Waals surface area contributed by atoms with Gasteiger partial charge >= 0.3 is 17.9 Å². The predicted molar refractivity (Wildman–Crippen MR) is 107 cm³/mol. The molecular formula is C17H40N4O6. The minimum Gasteiger partial charge on any atom is -0.450 e. The monoisotopic (exact) mass is 396 g/mol. The van der Waals surface area contributed by atoms with Crippen LogP contribution in [-0.2, 0) is 23.9 Å². The number of methoxy groups -OCH3 is 1. The fraction of sp³-hybridized carbons (Fsp3) is 0.765. The van der Waals surface area contributed by atoms with E-state index in [-0.39, 0.29) is 33.5 Å². The van der Waals surface area contributed by atoms with E-state index in [2.05, 4.69) is 30.7 Å². The lowest BCUT2D eigenvalue weighted by atomic mass is 10.5. The first kappa shape index (κ1) is 35.7. The van der Waals surface area contributed by atoms with E-state index in [0.717, 1.165) is 0 Å². The maximum Gasteiger partial charge on any atom is 0.407 e. The molecule has 0 aromatic rings. The zero-order valence-corrected chi connectivity index (χ0v) is 16.0. The fourth-order valence-corrected chi connectivity index (χ4v) is 1.06. The van der Waals surface area contributed by atoms with Gasteiger partial charge in [-0.3, -0.25) is 14.4 Å². The molecule has 10 heteroatoms. The van der Waals surface area contributed by atoms with E-state index < -0.39 is 11.8 Å². The first-order valence-electron chi connectivity index (χ1n) is 8.00. The van der Waals surface area contributed by atoms with Gasteiger partial charge in [-0.15, -0.1) is 0 Å². The average molecular weight is 397 g/mol. The molecule has 4 N–H and O–H groups in total. The second-order valence-electron chi connectivity index (χ2n) is 4.08. The van der Waals surface area contributed by atoms with Crippen molar-refractivity contribution in [2.24, 2.45) is 0 Å². The molecular weight excluding hydrogens is 356 g/mol. The molecule has 0 unspecified atom stereocenters. The number of ether oxygens (including phenoxy) is 2. The minimum absolute atomic E-state index is 0. The van der Waals surface area contributed by atoms with Crippen LogP contribution in [0.15, 0.2) is 0 Å². The van der Waals surface area contributed by atoms with Gasteiger partial charge in [-0.05, 0) is 27.7 Å². The van der Waals surface area contributed by atoms with Gasteiger partial charge in [0.25, 0.3) is 0 Å². The molecule has 0 heterocycles. The Balaban J connectivity index is -0.0000000866. The molecule has 27 heavy (non-hydrogen) atoms. The molecule has 164 valence electrons. The second-order valence-corrected chi connectivity index (χ2v) is 4.08. The van der Waals surface area contributed by atoms with Crippen molar-refractivity contribution in [2.75, 3.05) is 47.0 Å². The number of rotatable bonds is 6. The smallest absolute Gasteiger partial charge is 0.407 e. The van der Waals surface area contributed by atoms with E-state index in [0.29, 0.717) is 26.2 Å². The van der Waals surface area contributed by atoms with Crippen molar-refractivity contribution in [1.82, 2.24) is 21.3 Å². The predicted octanol–water partition coefficient (Wildman–Crippen LogP) is 0.662. The quantitative estimate of drug-likeness (QED) is 0.487. The Kier molecular flexibility index (Phi) is 37.6. The zero-order chi connectivity index (χ0) is 20.1. The van der Waals surface area contributed by atoms with E-state index in [1.54, 1.807) is 13.8 Å². The van der Waals surface area contributed by atoms with Gasteiger partial charge < -0.3 is 30.7 Å². The van der Waals surface area contributed by atoms with Crippen LogP contribution in [-0.4, -0.2) is 70.8 Å². The molecule has 0 aliphatic heterocycles. The molecule has 0 radical (unpaired) electrons. The van der Waals surface area contributed by atoms with Gasteiger partial charge in [0.05, 0.1) is 6.61 Å². The highest BCUT2D eigenvalue weighted by atomic mass is 16.5. The van der Waals surface area contributed by atoms with Crippen molar-refractivity contribution in [1.29, 1.82) is 0 Å². The maximum absolute atomic E-state index is 10.5. The van der Waals surface area contributed by atoms with Gasteiger partial charge in [0.1, 0.15) is 6.61 Å². The largest absolute Gasteiger partial charge is 0.450 e. The topological polar surface area (TPSA) is 135 Å². The lowest BCUT2D eigenvalue weighted by molar-refractivity contribution is -0.138. The highest BCUT2D eigenvalue weighted by Crippen LogP contribution is 1.73. The normalized spacial score (nSPS) is 7.78. The Morgan fingerprint density at radius 3 is 1.59 bits per heavy atom. The van der Waals surface area contributed by atoms with Crippen molar-refractivity contribution in [3.05, 3.63) is 0 Å². The van der Waals surface area contributed by atoms with Crippen LogP contribution in [0.3, 0.4) is 0 Å². The molecule has 0 aromatic carbocycles. The Morgan fingerprint density at radius 1 is 0.778 bits per heavy atom. The Labute approximate surface area is 164 Å². The van der Waals surface area contributed by atoms with Crippen molar-refractivity contribution in [3.63, 3.8) is 0 Å². The molecule has 0 aliphatic carbocycles. The number of hydrogen-bond donors (Lipinski definition) is 4. The number of amides is 4. The highest BCUT2D eigenvalue weighted by molar-refractivity contribution is 6.34. The molecule has 0 atom stereocenters. The van der Waals surface area contributed by atoms with Crippen LogP contribution in [0.1, 0.15) is 42.5 Å². The van der Waals surface area contributed by atoms with Crippen molar-refractivity contribution in [2.45, 2.75) is 42.5 Å². The van der Waals surface area contributed by atoms with Crippen LogP contribution < -0.4 is 21.3 Å². The van der Waals surface area contributed by atoms with Gasteiger partial charge in [-0.25, -0.2) is 4.79 Å². The number of likely N-dealkylation sites (N-methyl/N-ethyl adjacent to an activating group) is 3. The molecule has 0 aliphatic rings. The number of carbonyl (C=O) groups excluding carboxylic acids is 4. The summed E-state index contributed by atoms with van der Waals surface area (Å²) in [5.74, 6) is -1.24. The molecule has 4 amide bonds. The van der Waals surface area contributed by atoms with Crippen molar-refractivity contribution >= 4 is 23.8 Å². The number of carbonyl (C=O) groups is 4. The minimum atomic E-state index is -0.600. The third-order valence-corrected chi connectivity index (χ3v) is 2.02. The molecule has 10 nitrogen and oxygen atoms in total. The van der Waals surface area contributed by atoms with Crippen LogP contribution in [0.2, 0.25) is 0 Å². The van der Waals surface area contributed by atoms with Gasteiger partial charge in [-0.2, -0.15) is 0 Å². The molecule has 0 rings (SSSR count). The van der Waals surface area contributed by atoms with Crippen LogP contribution in [0.5, 0.6) is 0 Å². The summed E-state index contributed by atoms with van der Waals surface area (Å²) in [6.07, 6.45) is -0.338. The van der Waals surface area contributed by atoms with E-state index in [1.807, 2.05) is 13.8 Å². The fourth-order valence-electron chi connectivity index (χ4n) is 1.06. The molecule has 0 fully saturated rings. The van der Waals surface area contributed by atoms with E-state index in [4.69, 9.17) is 0 Å². The van der Waals surface area contributed by atoms with Gasteiger partial charge in [0.2, 0.25) is 5.91 Å². The van der Waals surface area contributed by atoms with Crippen LogP contribution in [0.4, 0.5) is 4.79 Å². The number of nitrogens with one attached hydrogen (secondary N) is 4. The average Bonchev–Trinajstić information content (AvgIpc) is 2.56. The van der Waals surface area contributed by atoms with Gasteiger partial charge in [0, 0.05) is 33.8 Å². The van der Waals surface area contributed by atoms with Crippen LogP contribution >= 0.6 is 0 Å². The first-order chi connectivity index (χ1) is 11.8. The SMILES string of the molecule is C.C.CCNC(=O)C(=O)NC.CCNC(=O)COC.CCNC(=O)OCC. The number of alkyl carbamates (subject to hydrolysis) is 1. The molecule has 0 bridgehead atoms. The Bertz CT molecular complexity index is 342. The summed E-state index contributed by atoms with van der Waals surface area (Å²) in [4.78, 5) is 41.5. The summed E-state index contributed by atoms with van der Waals surface area (Å²) in [7, 11) is 2.91. The van der Waals surface area contributed by atoms with Crippen LogP contribution in [0.25, 0.3) is 0 Å². The van der Waals surface area contributed by atoms with E-state index in [1.165, 1.54) is 14.2 Å². The molecule has 0 aromatic heterocycles. The van der Waals surface area contributed by atoms with Crippen LogP contribution in [0, 0.1) is 0 Å². The third kappa shape index (κ3) is 31.9.